The number of hydrogen-bond acceptors (Lipinski definition) is 3. The van der Waals surface area contributed by atoms with Gasteiger partial charge in [-0.2, -0.15) is 0 Å². The van der Waals surface area contributed by atoms with Gasteiger partial charge in [0.2, 0.25) is 5.78 Å². The van der Waals surface area contributed by atoms with E-state index in [4.69, 9.17) is 0 Å². The summed E-state index contributed by atoms with van der Waals surface area (Å²) in [6.07, 6.45) is -3.46. The first kappa shape index (κ1) is 7.00. The van der Waals surface area contributed by atoms with Crippen LogP contribution in [0.25, 0.3) is 0 Å². The number of carboxylic acid groups (broad SMARTS) is 1. The van der Waals surface area contributed by atoms with Gasteiger partial charge in [0.15, 0.2) is 0 Å². The highest BCUT2D eigenvalue weighted by molar-refractivity contribution is 6.32. The lowest BCUT2D eigenvalue weighted by Crippen LogP contribution is -2.35. The standard InChI is InChI=1S/C3H2F2O3/c4-2(5)1(6)3(7)8/h2H,(H,7,8)/p-1. The topological polar surface area (TPSA) is 57.2 Å². The van der Waals surface area contributed by atoms with E-state index in [0.29, 0.717) is 0 Å². The van der Waals surface area contributed by atoms with Crippen LogP contribution in [0.3, 0.4) is 0 Å². The molecular weight excluding hydrogens is 122 g/mol. The molecule has 0 radical (unpaired) electrons. The Hall–Kier alpha value is -1.00. The largest absolute Gasteiger partial charge is 0.542 e. The molecule has 0 rings (SSSR count). The maximum atomic E-state index is 10.9. The Morgan fingerprint density at radius 3 is 1.75 bits per heavy atom. The predicted octanol–water partition coefficient (Wildman–Crippen LogP) is -1.43. The lowest BCUT2D eigenvalue weighted by atomic mass is 10.4. The SMILES string of the molecule is O=C([O-])C(=O)C(F)F. The molecular formula is C3HF2O3-. The maximum Gasteiger partial charge on any atom is 0.301 e. The number of Topliss-reactive ketones (excluding diaryl/α,β-unsaturated/α-hetero) is 1. The summed E-state index contributed by atoms with van der Waals surface area (Å²) in [6.45, 7) is 0. The highest BCUT2D eigenvalue weighted by Crippen LogP contribution is 1.90. The van der Waals surface area contributed by atoms with Crippen LogP contribution in [-0.2, 0) is 9.59 Å². The van der Waals surface area contributed by atoms with E-state index in [0.717, 1.165) is 0 Å². The van der Waals surface area contributed by atoms with Crippen LogP contribution in [0.4, 0.5) is 8.78 Å². The van der Waals surface area contributed by atoms with E-state index in [-0.39, 0.29) is 0 Å². The quantitative estimate of drug-likeness (QED) is 0.423. The summed E-state index contributed by atoms with van der Waals surface area (Å²) < 4.78 is 21.8. The third-order valence-electron chi connectivity index (χ3n) is 0.399. The van der Waals surface area contributed by atoms with Gasteiger partial charge < -0.3 is 9.90 Å². The van der Waals surface area contributed by atoms with Crippen LogP contribution in [0, 0.1) is 0 Å². The summed E-state index contributed by atoms with van der Waals surface area (Å²) in [5.74, 6) is -4.52. The van der Waals surface area contributed by atoms with Crippen LogP contribution >= 0.6 is 0 Å². The molecule has 8 heavy (non-hydrogen) atoms. The van der Waals surface area contributed by atoms with Gasteiger partial charge in [0.05, 0.1) is 0 Å². The summed E-state index contributed by atoms with van der Waals surface area (Å²) in [5.41, 5.74) is 0. The van der Waals surface area contributed by atoms with E-state index in [2.05, 4.69) is 0 Å². The molecule has 0 bridgehead atoms. The van der Waals surface area contributed by atoms with E-state index in [9.17, 15) is 23.5 Å². The first-order valence-electron chi connectivity index (χ1n) is 1.59. The average Bonchev–Trinajstić information content (AvgIpc) is 1.64. The zero-order valence-electron chi connectivity index (χ0n) is 3.56. The number of rotatable bonds is 2. The average molecular weight is 123 g/mol. The molecule has 0 saturated carbocycles. The second kappa shape index (κ2) is 2.34. The van der Waals surface area contributed by atoms with E-state index < -0.39 is 18.2 Å². The number of carbonyl (C=O) groups excluding carboxylic acids is 2. The second-order valence-corrected chi connectivity index (χ2v) is 0.952. The molecule has 3 nitrogen and oxygen atoms in total. The number of ketones is 1. The van der Waals surface area contributed by atoms with Crippen LogP contribution in [0.2, 0.25) is 0 Å². The molecule has 0 unspecified atom stereocenters. The normalized spacial score (nSPS) is 9.38. The minimum Gasteiger partial charge on any atom is -0.542 e. The van der Waals surface area contributed by atoms with Gasteiger partial charge in [0, 0.05) is 0 Å². The molecule has 0 heterocycles. The van der Waals surface area contributed by atoms with Crippen molar-refractivity contribution in [1.29, 1.82) is 0 Å². The van der Waals surface area contributed by atoms with Crippen LogP contribution < -0.4 is 5.11 Å². The van der Waals surface area contributed by atoms with E-state index >= 15 is 0 Å². The molecule has 0 N–H and O–H groups in total. The van der Waals surface area contributed by atoms with Crippen molar-refractivity contribution >= 4 is 11.8 Å². The summed E-state index contributed by atoms with van der Waals surface area (Å²) in [5, 5.41) is 9.20. The smallest absolute Gasteiger partial charge is 0.301 e. The van der Waals surface area contributed by atoms with Crippen molar-refractivity contribution in [1.82, 2.24) is 0 Å². The van der Waals surface area contributed by atoms with Crippen molar-refractivity contribution in [2.75, 3.05) is 0 Å². The molecule has 0 aliphatic carbocycles. The van der Waals surface area contributed by atoms with Crippen molar-refractivity contribution in [2.24, 2.45) is 0 Å². The molecule has 0 fully saturated rings. The van der Waals surface area contributed by atoms with Gasteiger partial charge >= 0.3 is 6.43 Å². The highest BCUT2D eigenvalue weighted by atomic mass is 19.3. The number of halogens is 2. The highest BCUT2D eigenvalue weighted by Gasteiger charge is 2.15. The Labute approximate surface area is 42.9 Å². The minimum atomic E-state index is -3.46. The summed E-state index contributed by atoms with van der Waals surface area (Å²) >= 11 is 0. The first-order chi connectivity index (χ1) is 3.55. The van der Waals surface area contributed by atoms with Gasteiger partial charge in [-0.1, -0.05) is 0 Å². The van der Waals surface area contributed by atoms with E-state index in [1.807, 2.05) is 0 Å². The molecule has 0 aliphatic heterocycles. The fourth-order valence-corrected chi connectivity index (χ4v) is 0.0891. The zero-order valence-corrected chi connectivity index (χ0v) is 3.56. The van der Waals surface area contributed by atoms with E-state index in [1.54, 1.807) is 0 Å². The molecule has 5 heteroatoms. The number of alkyl halides is 2. The molecule has 46 valence electrons. The molecule has 0 amide bonds. The van der Waals surface area contributed by atoms with Crippen LogP contribution in [0.1, 0.15) is 0 Å². The Bertz CT molecular complexity index is 120. The minimum absolute atomic E-state index is 2.18. The van der Waals surface area contributed by atoms with Gasteiger partial charge in [-0.15, -0.1) is 0 Å². The van der Waals surface area contributed by atoms with Gasteiger partial charge in [0.25, 0.3) is 0 Å². The van der Waals surface area contributed by atoms with Gasteiger partial charge in [0.1, 0.15) is 5.97 Å². The zero-order chi connectivity index (χ0) is 6.73. The third kappa shape index (κ3) is 1.63. The van der Waals surface area contributed by atoms with Crippen molar-refractivity contribution in [3.05, 3.63) is 0 Å². The second-order valence-electron chi connectivity index (χ2n) is 0.952. The Balaban J connectivity index is 3.84. The first-order valence-corrected chi connectivity index (χ1v) is 1.59. The fraction of sp³-hybridized carbons (Fsp3) is 0.333. The maximum absolute atomic E-state index is 10.9. The van der Waals surface area contributed by atoms with Crippen LogP contribution in [0.5, 0.6) is 0 Å². The number of hydrogen-bond donors (Lipinski definition) is 0. The number of carboxylic acids is 1. The van der Waals surface area contributed by atoms with E-state index in [1.165, 1.54) is 0 Å². The molecule has 0 aliphatic rings. The summed E-state index contributed by atoms with van der Waals surface area (Å²) in [4.78, 5) is 18.6. The summed E-state index contributed by atoms with van der Waals surface area (Å²) in [6, 6.07) is 0. The van der Waals surface area contributed by atoms with Gasteiger partial charge in [-0.25, -0.2) is 8.78 Å². The molecule has 0 atom stereocenters. The number of carbonyl (C=O) groups is 2. The predicted molar refractivity (Wildman–Crippen MR) is 16.0 cm³/mol. The van der Waals surface area contributed by atoms with Crippen molar-refractivity contribution < 1.29 is 23.5 Å². The summed E-state index contributed by atoms with van der Waals surface area (Å²) in [7, 11) is 0. The van der Waals surface area contributed by atoms with Crippen LogP contribution in [-0.4, -0.2) is 18.2 Å². The molecule has 0 aromatic rings. The lowest BCUT2D eigenvalue weighted by molar-refractivity contribution is -0.301. The van der Waals surface area contributed by atoms with Gasteiger partial charge in [-0.3, -0.25) is 4.79 Å². The Kier molecular flexibility index (Phi) is 2.05. The Morgan fingerprint density at radius 1 is 1.38 bits per heavy atom. The number of aliphatic carboxylic acids is 1. The molecule has 0 saturated heterocycles. The Morgan fingerprint density at radius 2 is 1.75 bits per heavy atom. The molecule has 0 aromatic carbocycles. The fourth-order valence-electron chi connectivity index (χ4n) is 0.0891. The van der Waals surface area contributed by atoms with Crippen molar-refractivity contribution in [2.45, 2.75) is 6.43 Å². The lowest BCUT2D eigenvalue weighted by Gasteiger charge is -1.95. The molecule has 0 spiro atoms. The monoisotopic (exact) mass is 123 g/mol. The van der Waals surface area contributed by atoms with Crippen molar-refractivity contribution in [3.8, 4) is 0 Å². The molecule has 0 aromatic heterocycles. The van der Waals surface area contributed by atoms with Crippen molar-refractivity contribution in [3.63, 3.8) is 0 Å². The third-order valence-corrected chi connectivity index (χ3v) is 0.399. The van der Waals surface area contributed by atoms with Gasteiger partial charge in [-0.05, 0) is 0 Å². The van der Waals surface area contributed by atoms with Crippen LogP contribution in [0.15, 0.2) is 0 Å².